The zero-order chi connectivity index (χ0) is 21.3. The molecule has 1 aliphatic rings. The van der Waals surface area contributed by atoms with Gasteiger partial charge in [0.1, 0.15) is 17.0 Å². The van der Waals surface area contributed by atoms with Gasteiger partial charge in [-0.3, -0.25) is 4.79 Å². The number of fused-ring (bicyclic) bond motifs is 1. The Bertz CT molecular complexity index is 1010. The lowest BCUT2D eigenvalue weighted by Crippen LogP contribution is -2.44. The lowest BCUT2D eigenvalue weighted by molar-refractivity contribution is 0.0664. The van der Waals surface area contributed by atoms with Crippen LogP contribution >= 0.6 is 22.7 Å². The first-order valence-electron chi connectivity index (χ1n) is 10.5. The van der Waals surface area contributed by atoms with E-state index in [1.807, 2.05) is 18.9 Å². The SMILES string of the molecule is CCC(Nc1ncnc2sc(C(=O)N(C)C3CCN(C)CC3)c(C)c12)c1cccs1. The number of likely N-dealkylation sites (tertiary alicyclic amines) is 1. The molecule has 4 rings (SSSR count). The number of aryl methyl sites for hydroxylation is 1. The van der Waals surface area contributed by atoms with Gasteiger partial charge in [-0.2, -0.15) is 0 Å². The molecule has 1 amide bonds. The van der Waals surface area contributed by atoms with Gasteiger partial charge in [-0.1, -0.05) is 13.0 Å². The van der Waals surface area contributed by atoms with Crippen LogP contribution in [0.5, 0.6) is 0 Å². The Morgan fingerprint density at radius 3 is 2.80 bits per heavy atom. The normalized spacial score (nSPS) is 16.7. The highest BCUT2D eigenvalue weighted by molar-refractivity contribution is 7.20. The Labute approximate surface area is 185 Å². The number of rotatable bonds is 6. The molecule has 6 nitrogen and oxygen atoms in total. The quantitative estimate of drug-likeness (QED) is 0.593. The van der Waals surface area contributed by atoms with Crippen molar-refractivity contribution in [2.24, 2.45) is 0 Å². The number of thiophene rings is 2. The largest absolute Gasteiger partial charge is 0.362 e. The zero-order valence-electron chi connectivity index (χ0n) is 18.0. The standard InChI is InChI=1S/C22H29N5OS2/c1-5-16(17-7-6-12-29-17)25-20-18-14(2)19(30-21(18)24-13-23-20)22(28)27(4)15-8-10-26(3)11-9-15/h6-7,12-13,15-16H,5,8-11H2,1-4H3,(H,23,24,25). The molecule has 1 N–H and O–H groups in total. The minimum absolute atomic E-state index is 0.0984. The predicted molar refractivity (Wildman–Crippen MR) is 126 cm³/mol. The van der Waals surface area contributed by atoms with Gasteiger partial charge in [0, 0.05) is 18.0 Å². The van der Waals surface area contributed by atoms with Crippen molar-refractivity contribution in [3.8, 4) is 0 Å². The van der Waals surface area contributed by atoms with Crippen molar-refractivity contribution < 1.29 is 4.79 Å². The van der Waals surface area contributed by atoms with Gasteiger partial charge in [-0.05, 0) is 63.3 Å². The van der Waals surface area contributed by atoms with Crippen LogP contribution in [0.15, 0.2) is 23.8 Å². The summed E-state index contributed by atoms with van der Waals surface area (Å²) >= 11 is 3.23. The predicted octanol–water partition coefficient (Wildman–Crippen LogP) is 4.79. The molecular weight excluding hydrogens is 414 g/mol. The fourth-order valence-corrected chi connectivity index (χ4v) is 6.12. The first kappa shape index (κ1) is 21.2. The second kappa shape index (κ2) is 8.99. The number of carbonyl (C=O) groups is 1. The van der Waals surface area contributed by atoms with Gasteiger partial charge in [-0.15, -0.1) is 22.7 Å². The van der Waals surface area contributed by atoms with Crippen LogP contribution < -0.4 is 5.32 Å². The van der Waals surface area contributed by atoms with Gasteiger partial charge in [0.25, 0.3) is 5.91 Å². The highest BCUT2D eigenvalue weighted by Crippen LogP contribution is 2.36. The summed E-state index contributed by atoms with van der Waals surface area (Å²) in [5.41, 5.74) is 0.976. The van der Waals surface area contributed by atoms with E-state index in [9.17, 15) is 4.79 Å². The molecule has 4 heterocycles. The fraction of sp³-hybridized carbons (Fsp3) is 0.500. The number of hydrogen-bond donors (Lipinski definition) is 1. The molecule has 0 saturated carbocycles. The Hall–Kier alpha value is -2.03. The fourth-order valence-electron chi connectivity index (χ4n) is 4.12. The summed E-state index contributed by atoms with van der Waals surface area (Å²) in [7, 11) is 4.08. The maximum absolute atomic E-state index is 13.3. The van der Waals surface area contributed by atoms with Crippen molar-refractivity contribution in [1.29, 1.82) is 0 Å². The topological polar surface area (TPSA) is 61.4 Å². The average molecular weight is 444 g/mol. The van der Waals surface area contributed by atoms with Crippen molar-refractivity contribution in [1.82, 2.24) is 19.8 Å². The van der Waals surface area contributed by atoms with E-state index >= 15 is 0 Å². The first-order valence-corrected chi connectivity index (χ1v) is 12.2. The monoisotopic (exact) mass is 443 g/mol. The summed E-state index contributed by atoms with van der Waals surface area (Å²) in [6.07, 6.45) is 4.60. The lowest BCUT2D eigenvalue weighted by Gasteiger charge is -2.35. The van der Waals surface area contributed by atoms with E-state index < -0.39 is 0 Å². The van der Waals surface area contributed by atoms with Crippen LogP contribution in [-0.4, -0.2) is 58.9 Å². The maximum atomic E-state index is 13.3. The van der Waals surface area contributed by atoms with Gasteiger partial charge in [0.15, 0.2) is 0 Å². The summed E-state index contributed by atoms with van der Waals surface area (Å²) in [5, 5.41) is 6.67. The number of amides is 1. The van der Waals surface area contributed by atoms with Gasteiger partial charge >= 0.3 is 0 Å². The molecule has 1 unspecified atom stereocenters. The van der Waals surface area contributed by atoms with E-state index in [-0.39, 0.29) is 11.9 Å². The molecular formula is C22H29N5OS2. The Kier molecular flexibility index (Phi) is 6.36. The highest BCUT2D eigenvalue weighted by atomic mass is 32.1. The summed E-state index contributed by atoms with van der Waals surface area (Å²) in [5.74, 6) is 0.913. The maximum Gasteiger partial charge on any atom is 0.264 e. The van der Waals surface area contributed by atoms with E-state index in [0.29, 0.717) is 6.04 Å². The molecule has 1 fully saturated rings. The summed E-state index contributed by atoms with van der Waals surface area (Å²) < 4.78 is 0. The summed E-state index contributed by atoms with van der Waals surface area (Å²) in [4.78, 5) is 29.6. The van der Waals surface area contributed by atoms with Crippen molar-refractivity contribution >= 4 is 44.6 Å². The second-order valence-electron chi connectivity index (χ2n) is 8.03. The van der Waals surface area contributed by atoms with Crippen LogP contribution in [0.25, 0.3) is 10.2 Å². The minimum atomic E-state index is 0.0984. The molecule has 0 radical (unpaired) electrons. The number of hydrogen-bond acceptors (Lipinski definition) is 7. The van der Waals surface area contributed by atoms with E-state index in [4.69, 9.17) is 0 Å². The van der Waals surface area contributed by atoms with E-state index in [1.165, 1.54) is 16.2 Å². The third kappa shape index (κ3) is 4.08. The molecule has 8 heteroatoms. The third-order valence-electron chi connectivity index (χ3n) is 6.08. The zero-order valence-corrected chi connectivity index (χ0v) is 19.6. The molecule has 3 aromatic heterocycles. The van der Waals surface area contributed by atoms with Crippen LogP contribution in [0.4, 0.5) is 5.82 Å². The first-order chi connectivity index (χ1) is 14.5. The van der Waals surface area contributed by atoms with Crippen LogP contribution in [0, 0.1) is 6.92 Å². The molecule has 0 aliphatic carbocycles. The van der Waals surface area contributed by atoms with Crippen LogP contribution in [0.1, 0.15) is 52.3 Å². The molecule has 160 valence electrons. The van der Waals surface area contributed by atoms with Gasteiger partial charge < -0.3 is 15.1 Å². The Balaban J connectivity index is 1.62. The number of piperidine rings is 1. The van der Waals surface area contributed by atoms with Gasteiger partial charge in [0.2, 0.25) is 0 Å². The van der Waals surface area contributed by atoms with Crippen LogP contribution in [0.2, 0.25) is 0 Å². The average Bonchev–Trinajstić information content (AvgIpc) is 3.40. The Morgan fingerprint density at radius 1 is 1.37 bits per heavy atom. The lowest BCUT2D eigenvalue weighted by atomic mass is 10.0. The molecule has 0 aromatic carbocycles. The van der Waals surface area contributed by atoms with Crippen molar-refractivity contribution in [2.75, 3.05) is 32.5 Å². The smallest absolute Gasteiger partial charge is 0.264 e. The number of nitrogens with one attached hydrogen (secondary N) is 1. The van der Waals surface area contributed by atoms with E-state index in [2.05, 4.69) is 51.7 Å². The molecule has 0 bridgehead atoms. The summed E-state index contributed by atoms with van der Waals surface area (Å²) in [6.45, 7) is 6.26. The molecule has 1 aliphatic heterocycles. The van der Waals surface area contributed by atoms with Crippen molar-refractivity contribution in [3.05, 3.63) is 39.2 Å². The van der Waals surface area contributed by atoms with E-state index in [1.54, 1.807) is 17.7 Å². The number of anilines is 1. The number of carbonyl (C=O) groups excluding carboxylic acids is 1. The summed E-state index contributed by atoms with van der Waals surface area (Å²) in [6, 6.07) is 4.72. The number of aromatic nitrogens is 2. The molecule has 3 aromatic rings. The van der Waals surface area contributed by atoms with Gasteiger partial charge in [-0.25, -0.2) is 9.97 Å². The molecule has 0 spiro atoms. The van der Waals surface area contributed by atoms with Crippen LogP contribution in [-0.2, 0) is 0 Å². The third-order valence-corrected chi connectivity index (χ3v) is 8.26. The Morgan fingerprint density at radius 2 is 2.13 bits per heavy atom. The number of nitrogens with zero attached hydrogens (tertiary/aromatic N) is 4. The van der Waals surface area contributed by atoms with Crippen molar-refractivity contribution in [2.45, 2.75) is 45.2 Å². The molecule has 1 saturated heterocycles. The van der Waals surface area contributed by atoms with Gasteiger partial charge in [0.05, 0.1) is 16.3 Å². The van der Waals surface area contributed by atoms with Crippen LogP contribution in [0.3, 0.4) is 0 Å². The molecule has 30 heavy (non-hydrogen) atoms. The second-order valence-corrected chi connectivity index (χ2v) is 10.0. The van der Waals surface area contributed by atoms with E-state index in [0.717, 1.165) is 58.8 Å². The molecule has 1 atom stereocenters. The minimum Gasteiger partial charge on any atom is -0.362 e. The highest BCUT2D eigenvalue weighted by Gasteiger charge is 2.28. The van der Waals surface area contributed by atoms with Crippen molar-refractivity contribution in [3.63, 3.8) is 0 Å².